The average molecular weight is 464 g/mol. The molecule has 0 radical (unpaired) electrons. The van der Waals surface area contributed by atoms with Gasteiger partial charge in [0.05, 0.1) is 12.8 Å². The van der Waals surface area contributed by atoms with Crippen molar-refractivity contribution >= 4 is 38.4 Å². The van der Waals surface area contributed by atoms with Crippen LogP contribution in [0.5, 0.6) is 5.75 Å². The van der Waals surface area contributed by atoms with Crippen LogP contribution in [0.4, 0.5) is 5.69 Å². The second kappa shape index (κ2) is 8.66. The highest BCUT2D eigenvalue weighted by atomic mass is 32.2. The summed E-state index contributed by atoms with van der Waals surface area (Å²) < 4.78 is 33.5. The third-order valence-corrected chi connectivity index (χ3v) is 9.43. The number of hydrogen-bond acceptors (Lipinski definition) is 7. The normalized spacial score (nSPS) is 15.7. The summed E-state index contributed by atoms with van der Waals surface area (Å²) in [4.78, 5) is 6.85. The van der Waals surface area contributed by atoms with Gasteiger partial charge >= 0.3 is 0 Å². The Labute approximate surface area is 185 Å². The zero-order valence-electron chi connectivity index (χ0n) is 17.2. The lowest BCUT2D eigenvalue weighted by Gasteiger charge is -2.35. The van der Waals surface area contributed by atoms with Gasteiger partial charge in [-0.3, -0.25) is 0 Å². The summed E-state index contributed by atoms with van der Waals surface area (Å²) >= 11 is 2.84. The number of piperazine rings is 1. The number of benzene rings is 1. The standard InChI is InChI=1S/C21H25N3O3S3/c1-15(2)19-14-29-21(22-19)16-12-20(28-13-16)30(25,26)24-10-8-23(9-11-24)17-4-6-18(27-3)7-5-17/h4-7,12-15H,8-11H2,1-3H3. The van der Waals surface area contributed by atoms with Crippen molar-refractivity contribution in [1.29, 1.82) is 0 Å². The molecule has 1 aromatic carbocycles. The first-order chi connectivity index (χ1) is 14.4. The van der Waals surface area contributed by atoms with Gasteiger partial charge in [0.2, 0.25) is 0 Å². The highest BCUT2D eigenvalue weighted by molar-refractivity contribution is 7.91. The molecule has 30 heavy (non-hydrogen) atoms. The van der Waals surface area contributed by atoms with Crippen molar-refractivity contribution in [1.82, 2.24) is 9.29 Å². The molecule has 0 bridgehead atoms. The molecule has 0 atom stereocenters. The van der Waals surface area contributed by atoms with Gasteiger partial charge in [0.15, 0.2) is 0 Å². The van der Waals surface area contributed by atoms with E-state index in [9.17, 15) is 8.42 Å². The second-order valence-corrected chi connectivity index (χ2v) is 11.4. The summed E-state index contributed by atoms with van der Waals surface area (Å²) in [5, 5.41) is 4.81. The first-order valence-corrected chi connectivity index (χ1v) is 13.0. The van der Waals surface area contributed by atoms with Crippen molar-refractivity contribution in [3.63, 3.8) is 0 Å². The van der Waals surface area contributed by atoms with E-state index in [0.717, 1.165) is 27.7 Å². The van der Waals surface area contributed by atoms with Crippen molar-refractivity contribution in [2.75, 3.05) is 38.2 Å². The van der Waals surface area contributed by atoms with Crippen molar-refractivity contribution in [3.8, 4) is 16.3 Å². The Hall–Kier alpha value is -1.94. The molecule has 160 valence electrons. The molecule has 3 aromatic rings. The van der Waals surface area contributed by atoms with E-state index in [2.05, 4.69) is 23.7 Å². The van der Waals surface area contributed by atoms with Gasteiger partial charge in [-0.15, -0.1) is 22.7 Å². The van der Waals surface area contributed by atoms with Crippen LogP contribution in [0.15, 0.2) is 45.3 Å². The van der Waals surface area contributed by atoms with Crippen LogP contribution >= 0.6 is 22.7 Å². The van der Waals surface area contributed by atoms with E-state index in [1.54, 1.807) is 28.8 Å². The number of rotatable bonds is 6. The van der Waals surface area contributed by atoms with Gasteiger partial charge < -0.3 is 9.64 Å². The van der Waals surface area contributed by atoms with Gasteiger partial charge in [0.1, 0.15) is 15.0 Å². The highest BCUT2D eigenvalue weighted by Gasteiger charge is 2.30. The predicted octanol–water partition coefficient (Wildman–Crippen LogP) is 4.51. The average Bonchev–Trinajstić information content (AvgIpc) is 3.44. The van der Waals surface area contributed by atoms with Crippen LogP contribution in [-0.2, 0) is 10.0 Å². The van der Waals surface area contributed by atoms with Crippen molar-refractivity contribution < 1.29 is 13.2 Å². The Morgan fingerprint density at radius 3 is 2.33 bits per heavy atom. The maximum Gasteiger partial charge on any atom is 0.252 e. The van der Waals surface area contributed by atoms with Crippen LogP contribution in [0, 0.1) is 0 Å². The summed E-state index contributed by atoms with van der Waals surface area (Å²) in [7, 11) is -1.85. The topological polar surface area (TPSA) is 62.7 Å². The van der Waals surface area contributed by atoms with Gasteiger partial charge in [0.25, 0.3) is 10.0 Å². The molecule has 4 rings (SSSR count). The number of thiazole rings is 1. The lowest BCUT2D eigenvalue weighted by Crippen LogP contribution is -2.48. The molecule has 6 nitrogen and oxygen atoms in total. The van der Waals surface area contributed by atoms with E-state index in [1.165, 1.54) is 11.3 Å². The molecule has 1 aliphatic heterocycles. The maximum atomic E-state index is 13.2. The number of anilines is 1. The van der Waals surface area contributed by atoms with Crippen molar-refractivity contribution in [2.24, 2.45) is 0 Å². The van der Waals surface area contributed by atoms with Crippen molar-refractivity contribution in [2.45, 2.75) is 24.0 Å². The maximum absolute atomic E-state index is 13.2. The molecular weight excluding hydrogens is 438 g/mol. The van der Waals surface area contributed by atoms with Gasteiger partial charge in [-0.25, -0.2) is 13.4 Å². The number of methoxy groups -OCH3 is 1. The van der Waals surface area contributed by atoms with Crippen LogP contribution in [-0.4, -0.2) is 51.0 Å². The lowest BCUT2D eigenvalue weighted by molar-refractivity contribution is 0.385. The van der Waals surface area contributed by atoms with Crippen LogP contribution in [0.2, 0.25) is 0 Å². The number of hydrogen-bond donors (Lipinski definition) is 0. The van der Waals surface area contributed by atoms with E-state index in [-0.39, 0.29) is 0 Å². The number of ether oxygens (including phenoxy) is 1. The molecule has 3 heterocycles. The smallest absolute Gasteiger partial charge is 0.252 e. The highest BCUT2D eigenvalue weighted by Crippen LogP contribution is 2.33. The molecule has 0 unspecified atom stereocenters. The van der Waals surface area contributed by atoms with Crippen LogP contribution in [0.1, 0.15) is 25.5 Å². The van der Waals surface area contributed by atoms with Crippen LogP contribution in [0.3, 0.4) is 0 Å². The first-order valence-electron chi connectivity index (χ1n) is 9.82. The molecule has 2 aromatic heterocycles. The first kappa shape index (κ1) is 21.3. The fourth-order valence-corrected chi connectivity index (χ4v) is 7.14. The largest absolute Gasteiger partial charge is 0.497 e. The summed E-state index contributed by atoms with van der Waals surface area (Å²) in [5.74, 6) is 1.17. The third-order valence-electron chi connectivity index (χ3n) is 5.21. The molecule has 0 saturated carbocycles. The van der Waals surface area contributed by atoms with Gasteiger partial charge in [0, 0.05) is 48.2 Å². The molecule has 1 saturated heterocycles. The van der Waals surface area contributed by atoms with E-state index in [4.69, 9.17) is 4.74 Å². The zero-order valence-corrected chi connectivity index (χ0v) is 19.7. The van der Waals surface area contributed by atoms with Gasteiger partial charge in [-0.1, -0.05) is 13.8 Å². The number of nitrogens with zero attached hydrogens (tertiary/aromatic N) is 3. The lowest BCUT2D eigenvalue weighted by atomic mass is 10.2. The predicted molar refractivity (Wildman–Crippen MR) is 123 cm³/mol. The summed E-state index contributed by atoms with van der Waals surface area (Å²) in [5.41, 5.74) is 3.00. The molecular formula is C21H25N3O3S3. The summed E-state index contributed by atoms with van der Waals surface area (Å²) in [6, 6.07) is 9.63. The van der Waals surface area contributed by atoms with E-state index in [0.29, 0.717) is 36.3 Å². The molecule has 0 N–H and O–H groups in total. The van der Waals surface area contributed by atoms with E-state index < -0.39 is 10.0 Å². The molecule has 0 amide bonds. The van der Waals surface area contributed by atoms with Crippen LogP contribution in [0.25, 0.3) is 10.6 Å². The minimum absolute atomic E-state index is 0.360. The number of aromatic nitrogens is 1. The fraction of sp³-hybridized carbons (Fsp3) is 0.381. The van der Waals surface area contributed by atoms with Crippen molar-refractivity contribution in [3.05, 3.63) is 46.8 Å². The minimum Gasteiger partial charge on any atom is -0.497 e. The molecule has 0 aliphatic carbocycles. The number of sulfonamides is 1. The Morgan fingerprint density at radius 2 is 1.73 bits per heavy atom. The Kier molecular flexibility index (Phi) is 6.15. The molecule has 1 fully saturated rings. The quantitative estimate of drug-likeness (QED) is 0.538. The fourth-order valence-electron chi connectivity index (χ4n) is 3.35. The SMILES string of the molecule is COc1ccc(N2CCN(S(=O)(=O)c3cc(-c4nc(C(C)C)cs4)cs3)CC2)cc1. The molecule has 1 aliphatic rings. The summed E-state index contributed by atoms with van der Waals surface area (Å²) in [6.45, 7) is 6.47. The van der Waals surface area contributed by atoms with Crippen LogP contribution < -0.4 is 9.64 Å². The number of thiophene rings is 1. The Morgan fingerprint density at radius 1 is 1.03 bits per heavy atom. The molecule has 0 spiro atoms. The second-order valence-electron chi connectivity index (χ2n) is 7.48. The van der Waals surface area contributed by atoms with E-state index >= 15 is 0 Å². The van der Waals surface area contributed by atoms with Gasteiger partial charge in [-0.2, -0.15) is 4.31 Å². The molecule has 9 heteroatoms. The third kappa shape index (κ3) is 4.25. The minimum atomic E-state index is -3.49. The Balaban J connectivity index is 1.45. The monoisotopic (exact) mass is 463 g/mol. The van der Waals surface area contributed by atoms with Gasteiger partial charge in [-0.05, 0) is 36.2 Å². The van der Waals surface area contributed by atoms with E-state index in [1.807, 2.05) is 35.0 Å². The summed E-state index contributed by atoms with van der Waals surface area (Å²) in [6.07, 6.45) is 0. The Bertz CT molecular complexity index is 1100. The zero-order chi connectivity index (χ0) is 21.3.